The number of aliphatic imine (C=N–C) groups is 1. The maximum absolute atomic E-state index is 13.3. The third-order valence-electron chi connectivity index (χ3n) is 7.18. The number of piperazine rings is 1. The Morgan fingerprint density at radius 1 is 1.00 bits per heavy atom. The molecule has 0 aliphatic carbocycles. The van der Waals surface area contributed by atoms with Crippen LogP contribution in [-0.4, -0.2) is 88.5 Å². The number of benzene rings is 2. The van der Waals surface area contributed by atoms with E-state index >= 15 is 0 Å². The van der Waals surface area contributed by atoms with Crippen molar-refractivity contribution in [2.45, 2.75) is 19.5 Å². The zero-order chi connectivity index (χ0) is 28.2. The van der Waals surface area contributed by atoms with Gasteiger partial charge in [-0.3, -0.25) is 19.8 Å². The molecule has 2 atom stereocenters. The number of methoxy groups -OCH3 is 3. The lowest BCUT2D eigenvalue weighted by Gasteiger charge is -2.39. The van der Waals surface area contributed by atoms with Gasteiger partial charge in [-0.05, 0) is 42.3 Å². The highest BCUT2D eigenvalue weighted by Gasteiger charge is 2.43. The second-order valence-corrected chi connectivity index (χ2v) is 9.53. The smallest absolute Gasteiger partial charge is 0.321 e. The third-order valence-corrected chi connectivity index (χ3v) is 7.18. The minimum Gasteiger partial charge on any atom is -0.493 e. The largest absolute Gasteiger partial charge is 0.493 e. The van der Waals surface area contributed by atoms with Crippen LogP contribution in [0.2, 0.25) is 0 Å². The van der Waals surface area contributed by atoms with Crippen molar-refractivity contribution in [3.8, 4) is 28.7 Å². The topological polar surface area (TPSA) is 120 Å². The Kier molecular flexibility index (Phi) is 8.15. The molecule has 0 bridgehead atoms. The maximum Gasteiger partial charge on any atom is 0.321 e. The number of fused-ring (bicyclic) bond motifs is 1. The van der Waals surface area contributed by atoms with Crippen molar-refractivity contribution < 1.29 is 38.0 Å². The van der Waals surface area contributed by atoms with Gasteiger partial charge in [-0.15, -0.1) is 0 Å². The average Bonchev–Trinajstić information content (AvgIpc) is 3.44. The van der Waals surface area contributed by atoms with Gasteiger partial charge in [0.15, 0.2) is 28.9 Å². The van der Waals surface area contributed by atoms with E-state index in [1.807, 2.05) is 23.1 Å². The minimum absolute atomic E-state index is 0.145. The Bertz CT molecular complexity index is 1270. The quantitative estimate of drug-likeness (QED) is 0.383. The molecule has 1 N–H and O–H groups in total. The molecule has 2 aromatic rings. The van der Waals surface area contributed by atoms with Crippen LogP contribution in [0.4, 0.5) is 0 Å². The van der Waals surface area contributed by atoms with Crippen molar-refractivity contribution in [1.82, 2.24) is 15.1 Å². The van der Waals surface area contributed by atoms with Crippen LogP contribution in [0.1, 0.15) is 24.1 Å². The number of guanidine groups is 1. The first kappa shape index (κ1) is 27.4. The molecule has 3 heterocycles. The second-order valence-electron chi connectivity index (χ2n) is 9.53. The van der Waals surface area contributed by atoms with Crippen molar-refractivity contribution in [1.29, 1.82) is 0 Å². The lowest BCUT2D eigenvalue weighted by atomic mass is 9.90. The van der Waals surface area contributed by atoms with Crippen LogP contribution in [0.25, 0.3) is 0 Å². The molecule has 0 saturated carbocycles. The summed E-state index contributed by atoms with van der Waals surface area (Å²) in [6, 6.07) is 8.56. The summed E-state index contributed by atoms with van der Waals surface area (Å²) in [5.74, 6) is 0.890. The molecule has 3 aliphatic heterocycles. The number of amides is 1. The van der Waals surface area contributed by atoms with E-state index in [0.29, 0.717) is 41.9 Å². The van der Waals surface area contributed by atoms with Crippen LogP contribution in [-0.2, 0) is 20.9 Å². The number of nitrogens with zero attached hydrogens (tertiary/aromatic N) is 3. The summed E-state index contributed by atoms with van der Waals surface area (Å²) in [5.41, 5.74) is 1.71. The first-order chi connectivity index (χ1) is 19.4. The van der Waals surface area contributed by atoms with Crippen LogP contribution in [0, 0.1) is 5.92 Å². The molecule has 0 unspecified atom stereocenters. The number of hydrogen-bond donors (Lipinski definition) is 1. The Morgan fingerprint density at radius 2 is 1.70 bits per heavy atom. The van der Waals surface area contributed by atoms with E-state index in [-0.39, 0.29) is 13.4 Å². The number of esters is 1. The minimum atomic E-state index is -1.17. The standard InChI is InChI=1S/C28H34N4O8/c1-5-38-27(34)23-24(18-13-21(35-2)25(37-4)22(14-18)36-3)29-28(30-26(23)33)32-10-8-31(9-11-32)15-17-6-7-19-20(12-17)40-16-39-19/h6-7,12-14,23-24H,5,8-11,15-16H2,1-4H3,(H,29,30,33)/t23-,24+/m0/s1. The number of rotatable bonds is 8. The van der Waals surface area contributed by atoms with Gasteiger partial charge < -0.3 is 33.3 Å². The molecule has 0 aromatic heterocycles. The molecule has 12 heteroatoms. The molecule has 3 aliphatic rings. The summed E-state index contributed by atoms with van der Waals surface area (Å²) in [5, 5.41) is 2.85. The fourth-order valence-electron chi connectivity index (χ4n) is 5.15. The highest BCUT2D eigenvalue weighted by atomic mass is 16.7. The normalized spacial score (nSPS) is 20.4. The molecule has 0 spiro atoms. The monoisotopic (exact) mass is 554 g/mol. The fraction of sp³-hybridized carbons (Fsp3) is 0.464. The van der Waals surface area contributed by atoms with Gasteiger partial charge in [0.05, 0.1) is 27.9 Å². The van der Waals surface area contributed by atoms with E-state index < -0.39 is 23.8 Å². The van der Waals surface area contributed by atoms with Gasteiger partial charge in [-0.2, -0.15) is 0 Å². The SMILES string of the molecule is CCOC(=O)[C@@H]1C(=O)NC(N2CCN(Cc3ccc4c(c3)OCO4)CC2)=N[C@@H]1c1cc(OC)c(OC)c(OC)c1. The first-order valence-electron chi connectivity index (χ1n) is 13.2. The van der Waals surface area contributed by atoms with Crippen molar-refractivity contribution in [2.75, 3.05) is 60.9 Å². The molecule has 214 valence electrons. The highest BCUT2D eigenvalue weighted by Crippen LogP contribution is 2.42. The molecule has 0 radical (unpaired) electrons. The number of carbonyl (C=O) groups excluding carboxylic acids is 2. The van der Waals surface area contributed by atoms with E-state index in [2.05, 4.69) is 10.2 Å². The maximum atomic E-state index is 13.3. The lowest BCUT2D eigenvalue weighted by Crippen LogP contribution is -2.57. The summed E-state index contributed by atoms with van der Waals surface area (Å²) in [6.45, 7) is 5.68. The molecular weight excluding hydrogens is 520 g/mol. The Morgan fingerprint density at radius 3 is 2.35 bits per heavy atom. The van der Waals surface area contributed by atoms with E-state index in [4.69, 9.17) is 33.4 Å². The van der Waals surface area contributed by atoms with Crippen molar-refractivity contribution in [3.05, 3.63) is 41.5 Å². The average molecular weight is 555 g/mol. The third kappa shape index (κ3) is 5.44. The van der Waals surface area contributed by atoms with Gasteiger partial charge in [0, 0.05) is 32.7 Å². The fourth-order valence-corrected chi connectivity index (χ4v) is 5.15. The summed E-state index contributed by atoms with van der Waals surface area (Å²) in [6.07, 6.45) is 0. The molecule has 1 saturated heterocycles. The summed E-state index contributed by atoms with van der Waals surface area (Å²) >= 11 is 0. The molecule has 1 fully saturated rings. The first-order valence-corrected chi connectivity index (χ1v) is 13.2. The van der Waals surface area contributed by atoms with Gasteiger partial charge in [-0.1, -0.05) is 6.07 Å². The van der Waals surface area contributed by atoms with Crippen LogP contribution in [0.5, 0.6) is 28.7 Å². The zero-order valence-electron chi connectivity index (χ0n) is 23.1. The number of carbonyl (C=O) groups is 2. The van der Waals surface area contributed by atoms with Gasteiger partial charge in [0.1, 0.15) is 6.04 Å². The highest BCUT2D eigenvalue weighted by molar-refractivity contribution is 6.08. The van der Waals surface area contributed by atoms with Crippen LogP contribution >= 0.6 is 0 Å². The summed E-state index contributed by atoms with van der Waals surface area (Å²) < 4.78 is 32.6. The van der Waals surface area contributed by atoms with Crippen molar-refractivity contribution in [2.24, 2.45) is 10.9 Å². The molecular formula is C28H34N4O8. The van der Waals surface area contributed by atoms with Gasteiger partial charge in [0.25, 0.3) is 0 Å². The predicted octanol–water partition coefficient (Wildman–Crippen LogP) is 1.97. The van der Waals surface area contributed by atoms with Crippen molar-refractivity contribution >= 4 is 17.8 Å². The number of hydrogen-bond acceptors (Lipinski definition) is 11. The summed E-state index contributed by atoms with van der Waals surface area (Å²) in [4.78, 5) is 35.5. The Balaban J connectivity index is 1.37. The number of nitrogens with one attached hydrogen (secondary N) is 1. The molecule has 40 heavy (non-hydrogen) atoms. The Hall–Kier alpha value is -4.19. The summed E-state index contributed by atoms with van der Waals surface area (Å²) in [7, 11) is 4.53. The van der Waals surface area contributed by atoms with Gasteiger partial charge in [0.2, 0.25) is 24.4 Å². The van der Waals surface area contributed by atoms with Gasteiger partial charge >= 0.3 is 5.97 Å². The second kappa shape index (κ2) is 11.9. The molecule has 5 rings (SSSR count). The van der Waals surface area contributed by atoms with E-state index in [9.17, 15) is 9.59 Å². The van der Waals surface area contributed by atoms with E-state index in [1.165, 1.54) is 21.3 Å². The lowest BCUT2D eigenvalue weighted by molar-refractivity contribution is -0.153. The van der Waals surface area contributed by atoms with Gasteiger partial charge in [-0.25, -0.2) is 4.99 Å². The predicted molar refractivity (Wildman–Crippen MR) is 144 cm³/mol. The van der Waals surface area contributed by atoms with Crippen LogP contribution in [0.15, 0.2) is 35.3 Å². The number of ether oxygens (including phenoxy) is 6. The molecule has 1 amide bonds. The molecule has 2 aromatic carbocycles. The van der Waals surface area contributed by atoms with E-state index in [1.54, 1.807) is 19.1 Å². The molecule has 12 nitrogen and oxygen atoms in total. The Labute approximate surface area is 232 Å². The van der Waals surface area contributed by atoms with E-state index in [0.717, 1.165) is 36.7 Å². The van der Waals surface area contributed by atoms with Crippen LogP contribution < -0.4 is 29.0 Å². The van der Waals surface area contributed by atoms with Crippen molar-refractivity contribution in [3.63, 3.8) is 0 Å². The van der Waals surface area contributed by atoms with Crippen LogP contribution in [0.3, 0.4) is 0 Å². The zero-order valence-corrected chi connectivity index (χ0v) is 23.1.